The molecule has 0 aromatic rings. The maximum absolute atomic E-state index is 5.13. The average molecular weight is 200 g/mol. The molecule has 3 heteroatoms. The Morgan fingerprint density at radius 2 is 2.07 bits per heavy atom. The molecule has 1 heterocycles. The van der Waals surface area contributed by atoms with Crippen LogP contribution in [0.15, 0.2) is 0 Å². The summed E-state index contributed by atoms with van der Waals surface area (Å²) in [5.41, 5.74) is 0. The monoisotopic (exact) mass is 200 g/mol. The molecule has 1 rings (SSSR count). The van der Waals surface area contributed by atoms with Crippen molar-refractivity contribution in [3.05, 3.63) is 0 Å². The normalized spacial score (nSPS) is 20.1. The fourth-order valence-corrected chi connectivity index (χ4v) is 1.99. The molecule has 3 nitrogen and oxygen atoms in total. The molecule has 0 bridgehead atoms. The summed E-state index contributed by atoms with van der Waals surface area (Å²) in [5.74, 6) is 0.884. The summed E-state index contributed by atoms with van der Waals surface area (Å²) in [6.07, 6.45) is 3.88. The lowest BCUT2D eigenvalue weighted by Gasteiger charge is -2.31. The second kappa shape index (κ2) is 7.21. The first kappa shape index (κ1) is 12.0. The maximum atomic E-state index is 5.13. The summed E-state index contributed by atoms with van der Waals surface area (Å²) in [6.45, 7) is 7.79. The number of ether oxygens (including phenoxy) is 1. The molecule has 1 aliphatic rings. The molecule has 0 saturated carbocycles. The van der Waals surface area contributed by atoms with Crippen LogP contribution in [0.1, 0.15) is 26.2 Å². The van der Waals surface area contributed by atoms with Gasteiger partial charge in [-0.1, -0.05) is 6.92 Å². The Hall–Kier alpha value is -0.120. The van der Waals surface area contributed by atoms with Gasteiger partial charge in [0.2, 0.25) is 0 Å². The van der Waals surface area contributed by atoms with E-state index in [0.29, 0.717) is 0 Å². The van der Waals surface area contributed by atoms with Crippen LogP contribution in [0.2, 0.25) is 0 Å². The fraction of sp³-hybridized carbons (Fsp3) is 1.00. The van der Waals surface area contributed by atoms with Gasteiger partial charge >= 0.3 is 0 Å². The number of hydrogen-bond donors (Lipinski definition) is 1. The summed E-state index contributed by atoms with van der Waals surface area (Å²) >= 11 is 0. The number of nitrogens with one attached hydrogen (secondary N) is 1. The van der Waals surface area contributed by atoms with Crippen molar-refractivity contribution in [1.29, 1.82) is 0 Å². The van der Waals surface area contributed by atoms with Crippen LogP contribution < -0.4 is 5.32 Å². The quantitative estimate of drug-likeness (QED) is 0.654. The number of likely N-dealkylation sites (tertiary alicyclic amines) is 1. The van der Waals surface area contributed by atoms with Gasteiger partial charge in [-0.15, -0.1) is 0 Å². The van der Waals surface area contributed by atoms with Crippen molar-refractivity contribution in [2.24, 2.45) is 5.92 Å². The number of hydrogen-bond acceptors (Lipinski definition) is 3. The Kier molecular flexibility index (Phi) is 6.15. The molecule has 0 radical (unpaired) electrons. The lowest BCUT2D eigenvalue weighted by atomic mass is 9.97. The molecule has 0 aromatic carbocycles. The van der Waals surface area contributed by atoms with Crippen LogP contribution in [-0.2, 0) is 4.74 Å². The third-order valence-electron chi connectivity index (χ3n) is 2.88. The van der Waals surface area contributed by atoms with E-state index in [2.05, 4.69) is 17.1 Å². The predicted molar refractivity (Wildman–Crippen MR) is 59.3 cm³/mol. The lowest BCUT2D eigenvalue weighted by molar-refractivity contribution is 0.0395. The molecule has 1 saturated heterocycles. The van der Waals surface area contributed by atoms with Gasteiger partial charge in [-0.3, -0.25) is 4.90 Å². The van der Waals surface area contributed by atoms with Crippen LogP contribution in [0.4, 0.5) is 0 Å². The van der Waals surface area contributed by atoms with Gasteiger partial charge in [0.15, 0.2) is 0 Å². The van der Waals surface area contributed by atoms with Crippen LogP contribution in [0, 0.1) is 5.92 Å². The third-order valence-corrected chi connectivity index (χ3v) is 2.88. The van der Waals surface area contributed by atoms with Gasteiger partial charge in [-0.25, -0.2) is 0 Å². The fourth-order valence-electron chi connectivity index (χ4n) is 1.99. The smallest absolute Gasteiger partial charge is 0.0986 e. The summed E-state index contributed by atoms with van der Waals surface area (Å²) in [7, 11) is 1.77. The molecule has 1 N–H and O–H groups in total. The minimum atomic E-state index is 0.801. The van der Waals surface area contributed by atoms with E-state index in [1.165, 1.54) is 38.9 Å². The highest BCUT2D eigenvalue weighted by molar-refractivity contribution is 4.72. The van der Waals surface area contributed by atoms with E-state index in [-0.39, 0.29) is 0 Å². The number of piperidine rings is 1. The first-order valence-electron chi connectivity index (χ1n) is 5.78. The summed E-state index contributed by atoms with van der Waals surface area (Å²) in [4.78, 5) is 2.39. The zero-order valence-corrected chi connectivity index (χ0v) is 9.59. The molecule has 14 heavy (non-hydrogen) atoms. The molecule has 0 atom stereocenters. The van der Waals surface area contributed by atoms with Gasteiger partial charge in [-0.05, 0) is 38.3 Å². The first-order valence-corrected chi connectivity index (χ1v) is 5.78. The van der Waals surface area contributed by atoms with Crippen molar-refractivity contribution in [3.63, 3.8) is 0 Å². The van der Waals surface area contributed by atoms with E-state index >= 15 is 0 Å². The van der Waals surface area contributed by atoms with Crippen molar-refractivity contribution < 1.29 is 4.74 Å². The second-order valence-electron chi connectivity index (χ2n) is 4.18. The van der Waals surface area contributed by atoms with Crippen LogP contribution in [0.5, 0.6) is 0 Å². The molecule has 0 aromatic heterocycles. The zero-order chi connectivity index (χ0) is 10.2. The van der Waals surface area contributed by atoms with E-state index < -0.39 is 0 Å². The van der Waals surface area contributed by atoms with Crippen molar-refractivity contribution in [2.75, 3.05) is 40.0 Å². The van der Waals surface area contributed by atoms with Crippen LogP contribution >= 0.6 is 0 Å². The number of nitrogens with zero attached hydrogens (tertiary/aromatic N) is 1. The molecule has 0 spiro atoms. The molecular formula is C11H24N2O. The van der Waals surface area contributed by atoms with E-state index in [4.69, 9.17) is 4.74 Å². The molecular weight excluding hydrogens is 176 g/mol. The predicted octanol–water partition coefficient (Wildman–Crippen LogP) is 1.30. The van der Waals surface area contributed by atoms with Crippen molar-refractivity contribution in [2.45, 2.75) is 26.2 Å². The van der Waals surface area contributed by atoms with Crippen molar-refractivity contribution >= 4 is 0 Å². The van der Waals surface area contributed by atoms with E-state index in [9.17, 15) is 0 Å². The molecule has 1 fully saturated rings. The van der Waals surface area contributed by atoms with E-state index in [0.717, 1.165) is 19.2 Å². The van der Waals surface area contributed by atoms with Gasteiger partial charge < -0.3 is 10.1 Å². The average Bonchev–Trinajstić information content (AvgIpc) is 2.21. The topological polar surface area (TPSA) is 24.5 Å². The van der Waals surface area contributed by atoms with Gasteiger partial charge in [-0.2, -0.15) is 0 Å². The SMILES string of the molecule is CCCNCC1CCN(COC)CC1. The van der Waals surface area contributed by atoms with Gasteiger partial charge in [0, 0.05) is 20.2 Å². The van der Waals surface area contributed by atoms with Crippen LogP contribution in [0.3, 0.4) is 0 Å². The Balaban J connectivity index is 2.03. The molecule has 1 aliphatic heterocycles. The summed E-state index contributed by atoms with van der Waals surface area (Å²) in [6, 6.07) is 0. The summed E-state index contributed by atoms with van der Waals surface area (Å²) in [5, 5.41) is 3.50. The number of rotatable bonds is 6. The highest BCUT2D eigenvalue weighted by Crippen LogP contribution is 2.15. The Labute approximate surface area is 87.8 Å². The molecule has 84 valence electrons. The Morgan fingerprint density at radius 1 is 1.36 bits per heavy atom. The second-order valence-corrected chi connectivity index (χ2v) is 4.18. The highest BCUT2D eigenvalue weighted by Gasteiger charge is 2.17. The molecule has 0 aliphatic carbocycles. The van der Waals surface area contributed by atoms with Gasteiger partial charge in [0.25, 0.3) is 0 Å². The first-order chi connectivity index (χ1) is 6.86. The van der Waals surface area contributed by atoms with E-state index in [1.54, 1.807) is 7.11 Å². The standard InChI is InChI=1S/C11H24N2O/c1-3-6-12-9-11-4-7-13(8-5-11)10-14-2/h11-12H,3-10H2,1-2H3. The van der Waals surface area contributed by atoms with Crippen molar-refractivity contribution in [3.8, 4) is 0 Å². The minimum Gasteiger partial charge on any atom is -0.369 e. The highest BCUT2D eigenvalue weighted by atomic mass is 16.5. The maximum Gasteiger partial charge on any atom is 0.0986 e. The third kappa shape index (κ3) is 4.40. The molecule has 0 unspecified atom stereocenters. The Bertz CT molecular complexity index is 133. The van der Waals surface area contributed by atoms with Crippen molar-refractivity contribution in [1.82, 2.24) is 10.2 Å². The number of methoxy groups -OCH3 is 1. The molecule has 0 amide bonds. The Morgan fingerprint density at radius 3 is 2.64 bits per heavy atom. The van der Waals surface area contributed by atoms with E-state index in [1.807, 2.05) is 0 Å². The summed E-state index contributed by atoms with van der Waals surface area (Å²) < 4.78 is 5.13. The largest absolute Gasteiger partial charge is 0.369 e. The van der Waals surface area contributed by atoms with Crippen LogP contribution in [0.25, 0.3) is 0 Å². The van der Waals surface area contributed by atoms with Gasteiger partial charge in [0.05, 0.1) is 6.73 Å². The van der Waals surface area contributed by atoms with Gasteiger partial charge in [0.1, 0.15) is 0 Å². The lowest BCUT2D eigenvalue weighted by Crippen LogP contribution is -2.38. The van der Waals surface area contributed by atoms with Crippen LogP contribution in [-0.4, -0.2) is 44.9 Å². The zero-order valence-electron chi connectivity index (χ0n) is 9.59. The minimum absolute atomic E-state index is 0.801.